The zero-order chi connectivity index (χ0) is 14.4. The van der Waals surface area contributed by atoms with E-state index in [0.29, 0.717) is 13.2 Å². The molecule has 2 saturated heterocycles. The van der Waals surface area contributed by atoms with E-state index in [1.54, 1.807) is 14.2 Å². The van der Waals surface area contributed by atoms with Crippen LogP contribution >= 0.6 is 0 Å². The van der Waals surface area contributed by atoms with Gasteiger partial charge in [-0.05, 0) is 0 Å². The van der Waals surface area contributed by atoms with E-state index in [4.69, 9.17) is 31.5 Å². The van der Waals surface area contributed by atoms with Crippen molar-refractivity contribution in [1.29, 1.82) is 0 Å². The zero-order valence-electron chi connectivity index (χ0n) is 12.3. The minimum Gasteiger partial charge on any atom is -0.382 e. The van der Waals surface area contributed by atoms with Crippen molar-refractivity contribution in [2.24, 2.45) is 0 Å². The van der Waals surface area contributed by atoms with E-state index < -0.39 is 6.00 Å². The molecule has 0 aliphatic carbocycles. The van der Waals surface area contributed by atoms with Crippen LogP contribution in [0.2, 0.25) is 0 Å². The third-order valence-electron chi connectivity index (χ3n) is 3.77. The predicted octanol–water partition coefficient (Wildman–Crippen LogP) is -0.741. The fourth-order valence-electron chi connectivity index (χ4n) is 2.67. The fourth-order valence-corrected chi connectivity index (χ4v) is 2.67. The Balaban J connectivity index is 1.75. The first-order valence-electron chi connectivity index (χ1n) is 7.10. The van der Waals surface area contributed by atoms with Crippen LogP contribution in [-0.2, 0) is 23.7 Å². The van der Waals surface area contributed by atoms with Gasteiger partial charge in [-0.2, -0.15) is 0 Å². The van der Waals surface area contributed by atoms with Crippen LogP contribution in [0.1, 0.15) is 0 Å². The highest BCUT2D eigenvalue weighted by Gasteiger charge is 2.42. The van der Waals surface area contributed by atoms with Crippen molar-refractivity contribution in [3.63, 3.8) is 0 Å². The van der Waals surface area contributed by atoms with E-state index in [9.17, 15) is 0 Å². The number of rotatable bonds is 7. The lowest BCUT2D eigenvalue weighted by Gasteiger charge is -2.28. The molecule has 0 aromatic carbocycles. The Bertz CT molecular complexity index is 277. The number of hydrogen-bond donors (Lipinski definition) is 0. The SMILES string of the molecule is [B][C@@H]1O[C@H](COC)C(OC)[C@@H]1OCCN1CCOCC1. The maximum absolute atomic E-state index is 5.97. The summed E-state index contributed by atoms with van der Waals surface area (Å²) < 4.78 is 27.4. The number of ether oxygens (including phenoxy) is 5. The van der Waals surface area contributed by atoms with Crippen LogP contribution in [-0.4, -0.2) is 97.3 Å². The number of morpholine rings is 1. The first-order chi connectivity index (χ1) is 9.76. The lowest BCUT2D eigenvalue weighted by molar-refractivity contribution is -0.0615. The molecule has 20 heavy (non-hydrogen) atoms. The molecule has 6 nitrogen and oxygen atoms in total. The van der Waals surface area contributed by atoms with Gasteiger partial charge in [0, 0.05) is 39.9 Å². The number of hydrogen-bond acceptors (Lipinski definition) is 6. The summed E-state index contributed by atoms with van der Waals surface area (Å²) in [6, 6.07) is -0.468. The quantitative estimate of drug-likeness (QED) is 0.574. The summed E-state index contributed by atoms with van der Waals surface area (Å²) >= 11 is 0. The summed E-state index contributed by atoms with van der Waals surface area (Å²) in [5.41, 5.74) is 0. The molecule has 2 rings (SSSR count). The predicted molar refractivity (Wildman–Crippen MR) is 74.1 cm³/mol. The summed E-state index contributed by atoms with van der Waals surface area (Å²) in [5.74, 6) is 0. The number of nitrogens with zero attached hydrogens (tertiary/aromatic N) is 1. The summed E-state index contributed by atoms with van der Waals surface area (Å²) in [6.45, 7) is 5.44. The minimum atomic E-state index is -0.468. The fraction of sp³-hybridized carbons (Fsp3) is 1.00. The van der Waals surface area contributed by atoms with E-state index in [2.05, 4.69) is 4.90 Å². The third kappa shape index (κ3) is 4.16. The summed E-state index contributed by atoms with van der Waals surface area (Å²) in [5, 5.41) is 0. The van der Waals surface area contributed by atoms with Crippen LogP contribution in [0.15, 0.2) is 0 Å². The standard InChI is InChI=1S/C13H24BNO5/c1-16-9-10-11(17-2)12(13(14)20-10)19-8-5-15-3-6-18-7-4-15/h10-13H,3-9H2,1-2H3/t10-,11?,12+,13-/m1/s1. The molecule has 2 heterocycles. The zero-order valence-corrected chi connectivity index (χ0v) is 12.3. The molecule has 0 aromatic rings. The van der Waals surface area contributed by atoms with Crippen LogP contribution in [0, 0.1) is 0 Å². The van der Waals surface area contributed by atoms with Gasteiger partial charge in [0.05, 0.1) is 26.4 Å². The van der Waals surface area contributed by atoms with Crippen molar-refractivity contribution in [2.45, 2.75) is 24.3 Å². The smallest absolute Gasteiger partial charge is 0.113 e. The van der Waals surface area contributed by atoms with Crippen LogP contribution < -0.4 is 0 Å². The van der Waals surface area contributed by atoms with Crippen molar-refractivity contribution in [1.82, 2.24) is 4.90 Å². The molecule has 1 unspecified atom stereocenters. The van der Waals surface area contributed by atoms with E-state index in [-0.39, 0.29) is 18.3 Å². The summed E-state index contributed by atoms with van der Waals surface area (Å²) in [4.78, 5) is 2.32. The summed E-state index contributed by atoms with van der Waals surface area (Å²) in [7, 11) is 9.25. The second-order valence-electron chi connectivity index (χ2n) is 5.08. The van der Waals surface area contributed by atoms with Crippen LogP contribution in [0.4, 0.5) is 0 Å². The van der Waals surface area contributed by atoms with Gasteiger partial charge >= 0.3 is 0 Å². The van der Waals surface area contributed by atoms with Crippen molar-refractivity contribution < 1.29 is 23.7 Å². The molecule has 0 aromatic heterocycles. The average Bonchev–Trinajstić information content (AvgIpc) is 2.76. The molecule has 0 bridgehead atoms. The molecule has 7 heteroatoms. The molecular weight excluding hydrogens is 261 g/mol. The average molecular weight is 285 g/mol. The molecule has 2 fully saturated rings. The van der Waals surface area contributed by atoms with Gasteiger partial charge in [0.1, 0.15) is 26.2 Å². The Morgan fingerprint density at radius 3 is 2.60 bits per heavy atom. The second-order valence-corrected chi connectivity index (χ2v) is 5.08. The van der Waals surface area contributed by atoms with Crippen molar-refractivity contribution >= 4 is 7.85 Å². The normalized spacial score (nSPS) is 35.5. The van der Waals surface area contributed by atoms with Crippen molar-refractivity contribution in [2.75, 3.05) is 60.3 Å². The molecule has 2 aliphatic rings. The van der Waals surface area contributed by atoms with Crippen LogP contribution in [0.5, 0.6) is 0 Å². The lowest BCUT2D eigenvalue weighted by Crippen LogP contribution is -2.42. The van der Waals surface area contributed by atoms with Crippen LogP contribution in [0.3, 0.4) is 0 Å². The Morgan fingerprint density at radius 2 is 1.95 bits per heavy atom. The van der Waals surface area contributed by atoms with E-state index in [1.165, 1.54) is 0 Å². The Labute approximate surface area is 122 Å². The van der Waals surface area contributed by atoms with Gasteiger partial charge in [0.15, 0.2) is 0 Å². The number of methoxy groups -OCH3 is 2. The highest BCUT2D eigenvalue weighted by Crippen LogP contribution is 2.24. The molecule has 2 aliphatic heterocycles. The molecular formula is C13H24BNO5. The molecule has 114 valence electrons. The maximum Gasteiger partial charge on any atom is 0.113 e. The van der Waals surface area contributed by atoms with Gasteiger partial charge in [-0.25, -0.2) is 0 Å². The lowest BCUT2D eigenvalue weighted by atomic mass is 9.93. The molecule has 2 radical (unpaired) electrons. The van der Waals surface area contributed by atoms with E-state index >= 15 is 0 Å². The van der Waals surface area contributed by atoms with Crippen LogP contribution in [0.25, 0.3) is 0 Å². The molecule has 0 N–H and O–H groups in total. The Hall–Kier alpha value is -0.175. The van der Waals surface area contributed by atoms with E-state index in [1.807, 2.05) is 0 Å². The van der Waals surface area contributed by atoms with Gasteiger partial charge in [-0.3, -0.25) is 4.90 Å². The molecule has 0 spiro atoms. The topological polar surface area (TPSA) is 49.4 Å². The largest absolute Gasteiger partial charge is 0.382 e. The monoisotopic (exact) mass is 285 g/mol. The first-order valence-corrected chi connectivity index (χ1v) is 7.10. The Morgan fingerprint density at radius 1 is 1.20 bits per heavy atom. The maximum atomic E-state index is 5.97. The van der Waals surface area contributed by atoms with E-state index in [0.717, 1.165) is 32.8 Å². The second kappa shape index (κ2) is 8.31. The van der Waals surface area contributed by atoms with Gasteiger partial charge in [0.25, 0.3) is 0 Å². The van der Waals surface area contributed by atoms with Crippen molar-refractivity contribution in [3.8, 4) is 0 Å². The molecule has 0 amide bonds. The Kier molecular flexibility index (Phi) is 6.73. The minimum absolute atomic E-state index is 0.173. The van der Waals surface area contributed by atoms with Gasteiger partial charge < -0.3 is 23.7 Å². The highest BCUT2D eigenvalue weighted by molar-refractivity contribution is 6.11. The van der Waals surface area contributed by atoms with Gasteiger partial charge in [0.2, 0.25) is 0 Å². The molecule has 4 atom stereocenters. The first kappa shape index (κ1) is 16.2. The molecule has 0 saturated carbocycles. The summed E-state index contributed by atoms with van der Waals surface area (Å²) in [6.07, 6.45) is -0.607. The van der Waals surface area contributed by atoms with Gasteiger partial charge in [-0.15, -0.1) is 0 Å². The van der Waals surface area contributed by atoms with Gasteiger partial charge in [-0.1, -0.05) is 0 Å². The van der Waals surface area contributed by atoms with Crippen molar-refractivity contribution in [3.05, 3.63) is 0 Å². The highest BCUT2D eigenvalue weighted by atomic mass is 16.6. The third-order valence-corrected chi connectivity index (χ3v) is 3.77.